The molecule has 0 radical (unpaired) electrons. The third-order valence-electron chi connectivity index (χ3n) is 3.27. The number of anilines is 1. The molecule has 0 atom stereocenters. The second-order valence-corrected chi connectivity index (χ2v) is 5.31. The first kappa shape index (κ1) is 16.9. The second kappa shape index (κ2) is 7.70. The van der Waals surface area contributed by atoms with E-state index in [0.717, 1.165) is 11.1 Å². The molecular weight excluding hydrogens is 314 g/mol. The highest BCUT2D eigenvalue weighted by atomic mass is 35.5. The van der Waals surface area contributed by atoms with E-state index in [0.29, 0.717) is 22.2 Å². The summed E-state index contributed by atoms with van der Waals surface area (Å²) in [6, 6.07) is 10.8. The van der Waals surface area contributed by atoms with Crippen LogP contribution in [0.3, 0.4) is 0 Å². The first-order chi connectivity index (χ1) is 11.0. The molecule has 1 amide bonds. The van der Waals surface area contributed by atoms with Gasteiger partial charge in [-0.15, -0.1) is 0 Å². The number of carbonyl (C=O) groups is 1. The number of amides is 1. The minimum atomic E-state index is -0.236. The molecule has 0 aromatic heterocycles. The summed E-state index contributed by atoms with van der Waals surface area (Å²) in [7, 11) is 3.15. The molecule has 0 fully saturated rings. The van der Waals surface area contributed by atoms with Crippen molar-refractivity contribution in [1.82, 2.24) is 0 Å². The normalized spacial score (nSPS) is 10.6. The van der Waals surface area contributed by atoms with Crippen molar-refractivity contribution in [1.29, 1.82) is 0 Å². The van der Waals surface area contributed by atoms with E-state index in [1.54, 1.807) is 38.5 Å². The Morgan fingerprint density at radius 2 is 1.83 bits per heavy atom. The van der Waals surface area contributed by atoms with Crippen molar-refractivity contribution in [2.75, 3.05) is 19.5 Å². The number of benzene rings is 2. The lowest BCUT2D eigenvalue weighted by Gasteiger charge is -2.07. The quantitative estimate of drug-likeness (QED) is 0.830. The van der Waals surface area contributed by atoms with Gasteiger partial charge in [-0.2, -0.15) is 0 Å². The highest BCUT2D eigenvalue weighted by Gasteiger charge is 2.04. The van der Waals surface area contributed by atoms with Crippen LogP contribution in [0.15, 0.2) is 42.5 Å². The molecule has 0 unspecified atom stereocenters. The van der Waals surface area contributed by atoms with E-state index < -0.39 is 0 Å². The van der Waals surface area contributed by atoms with Crippen LogP contribution in [0.4, 0.5) is 5.69 Å². The van der Waals surface area contributed by atoms with Gasteiger partial charge < -0.3 is 14.8 Å². The van der Waals surface area contributed by atoms with Gasteiger partial charge >= 0.3 is 0 Å². The Morgan fingerprint density at radius 3 is 2.48 bits per heavy atom. The first-order valence-electron chi connectivity index (χ1n) is 7.00. The first-order valence-corrected chi connectivity index (χ1v) is 7.38. The van der Waals surface area contributed by atoms with Crippen molar-refractivity contribution in [2.45, 2.75) is 6.92 Å². The van der Waals surface area contributed by atoms with Gasteiger partial charge in [0.2, 0.25) is 5.91 Å². The van der Waals surface area contributed by atoms with Crippen molar-refractivity contribution in [3.05, 3.63) is 58.6 Å². The summed E-state index contributed by atoms with van der Waals surface area (Å²) in [5, 5.41) is 3.38. The number of methoxy groups -OCH3 is 2. The van der Waals surface area contributed by atoms with Crippen LogP contribution >= 0.6 is 11.6 Å². The van der Waals surface area contributed by atoms with Gasteiger partial charge in [0.1, 0.15) is 0 Å². The standard InChI is InChI=1S/C18H18ClNO3/c1-12-4-7-14(11-15(12)19)20-18(21)9-6-13-5-8-16(22-2)17(10-13)23-3/h4-11H,1-3H3,(H,20,21). The van der Waals surface area contributed by atoms with E-state index in [4.69, 9.17) is 21.1 Å². The lowest BCUT2D eigenvalue weighted by molar-refractivity contribution is -0.111. The number of ether oxygens (including phenoxy) is 2. The molecule has 0 saturated carbocycles. The van der Waals surface area contributed by atoms with Gasteiger partial charge in [0.15, 0.2) is 11.5 Å². The minimum absolute atomic E-state index is 0.236. The Balaban J connectivity index is 2.07. The Bertz CT molecular complexity index is 741. The summed E-state index contributed by atoms with van der Waals surface area (Å²) < 4.78 is 10.4. The van der Waals surface area contributed by atoms with Gasteiger partial charge in [0, 0.05) is 16.8 Å². The maximum Gasteiger partial charge on any atom is 0.248 e. The summed E-state index contributed by atoms with van der Waals surface area (Å²) in [4.78, 5) is 12.0. The van der Waals surface area contributed by atoms with Crippen molar-refractivity contribution in [3.63, 3.8) is 0 Å². The van der Waals surface area contributed by atoms with Crippen LogP contribution in [0.1, 0.15) is 11.1 Å². The van der Waals surface area contributed by atoms with Gasteiger partial charge in [-0.1, -0.05) is 23.7 Å². The van der Waals surface area contributed by atoms with Crippen LogP contribution in [0.2, 0.25) is 5.02 Å². The summed E-state index contributed by atoms with van der Waals surface area (Å²) in [5.74, 6) is 1.02. The number of hydrogen-bond donors (Lipinski definition) is 1. The Morgan fingerprint density at radius 1 is 1.09 bits per heavy atom. The molecule has 0 aliphatic heterocycles. The van der Waals surface area contributed by atoms with Crippen molar-refractivity contribution in [3.8, 4) is 11.5 Å². The van der Waals surface area contributed by atoms with Crippen molar-refractivity contribution >= 4 is 29.3 Å². The van der Waals surface area contributed by atoms with Crippen LogP contribution in [0.25, 0.3) is 6.08 Å². The van der Waals surface area contributed by atoms with Crippen LogP contribution in [-0.2, 0) is 4.79 Å². The minimum Gasteiger partial charge on any atom is -0.493 e. The molecule has 120 valence electrons. The largest absolute Gasteiger partial charge is 0.493 e. The van der Waals surface area contributed by atoms with E-state index in [1.807, 2.05) is 25.1 Å². The zero-order chi connectivity index (χ0) is 16.8. The lowest BCUT2D eigenvalue weighted by atomic mass is 10.2. The number of carbonyl (C=O) groups excluding carboxylic acids is 1. The average Bonchev–Trinajstić information content (AvgIpc) is 2.56. The number of nitrogens with one attached hydrogen (secondary N) is 1. The Hall–Kier alpha value is -2.46. The number of halogens is 1. The number of rotatable bonds is 5. The van der Waals surface area contributed by atoms with Gasteiger partial charge in [-0.05, 0) is 48.4 Å². The number of aryl methyl sites for hydroxylation is 1. The van der Waals surface area contributed by atoms with E-state index in [1.165, 1.54) is 6.08 Å². The molecule has 2 aromatic carbocycles. The van der Waals surface area contributed by atoms with Crippen LogP contribution in [0, 0.1) is 6.92 Å². The SMILES string of the molecule is COc1ccc(C=CC(=O)Nc2ccc(C)c(Cl)c2)cc1OC. The Labute approximate surface area is 140 Å². The number of hydrogen-bond acceptors (Lipinski definition) is 3. The third kappa shape index (κ3) is 4.50. The Kier molecular flexibility index (Phi) is 5.66. The summed E-state index contributed by atoms with van der Waals surface area (Å²) in [6.45, 7) is 1.91. The van der Waals surface area contributed by atoms with Crippen LogP contribution in [-0.4, -0.2) is 20.1 Å². The van der Waals surface area contributed by atoms with Gasteiger partial charge in [0.05, 0.1) is 14.2 Å². The fourth-order valence-electron chi connectivity index (χ4n) is 1.98. The molecule has 23 heavy (non-hydrogen) atoms. The maximum atomic E-state index is 12.0. The molecule has 0 aliphatic carbocycles. The topological polar surface area (TPSA) is 47.6 Å². The second-order valence-electron chi connectivity index (χ2n) is 4.90. The molecule has 0 aliphatic rings. The fourth-order valence-corrected chi connectivity index (χ4v) is 2.16. The molecule has 0 spiro atoms. The predicted octanol–water partition coefficient (Wildman–Crippen LogP) is 4.32. The highest BCUT2D eigenvalue weighted by Crippen LogP contribution is 2.28. The molecule has 4 nitrogen and oxygen atoms in total. The van der Waals surface area contributed by atoms with E-state index in [-0.39, 0.29) is 5.91 Å². The summed E-state index contributed by atoms with van der Waals surface area (Å²) in [5.41, 5.74) is 2.45. The van der Waals surface area contributed by atoms with Crippen molar-refractivity contribution < 1.29 is 14.3 Å². The van der Waals surface area contributed by atoms with Crippen LogP contribution < -0.4 is 14.8 Å². The molecule has 0 bridgehead atoms. The molecule has 2 aromatic rings. The fraction of sp³-hybridized carbons (Fsp3) is 0.167. The average molecular weight is 332 g/mol. The smallest absolute Gasteiger partial charge is 0.248 e. The molecule has 0 heterocycles. The summed E-state index contributed by atoms with van der Waals surface area (Å²) >= 11 is 6.04. The summed E-state index contributed by atoms with van der Waals surface area (Å²) in [6.07, 6.45) is 3.15. The third-order valence-corrected chi connectivity index (χ3v) is 3.68. The molecule has 0 saturated heterocycles. The van der Waals surface area contributed by atoms with E-state index >= 15 is 0 Å². The van der Waals surface area contributed by atoms with Gasteiger partial charge in [-0.3, -0.25) is 4.79 Å². The molecule has 5 heteroatoms. The zero-order valence-corrected chi connectivity index (χ0v) is 14.0. The molecule has 2 rings (SSSR count). The van der Waals surface area contributed by atoms with Gasteiger partial charge in [0.25, 0.3) is 0 Å². The predicted molar refractivity (Wildman–Crippen MR) is 93.4 cm³/mol. The zero-order valence-electron chi connectivity index (χ0n) is 13.2. The highest BCUT2D eigenvalue weighted by molar-refractivity contribution is 6.31. The molecule has 1 N–H and O–H groups in total. The maximum absolute atomic E-state index is 12.0. The van der Waals surface area contributed by atoms with E-state index in [2.05, 4.69) is 5.32 Å². The van der Waals surface area contributed by atoms with E-state index in [9.17, 15) is 4.79 Å². The van der Waals surface area contributed by atoms with Crippen LogP contribution in [0.5, 0.6) is 11.5 Å². The van der Waals surface area contributed by atoms with Crippen molar-refractivity contribution in [2.24, 2.45) is 0 Å². The lowest BCUT2D eigenvalue weighted by Crippen LogP contribution is -2.07. The monoisotopic (exact) mass is 331 g/mol. The van der Waals surface area contributed by atoms with Gasteiger partial charge in [-0.25, -0.2) is 0 Å². The molecular formula is C18H18ClNO3.